The summed E-state index contributed by atoms with van der Waals surface area (Å²) < 4.78 is 10.8. The maximum atomic E-state index is 11.8. The highest BCUT2D eigenvalue weighted by Crippen LogP contribution is 2.26. The van der Waals surface area contributed by atoms with Crippen LogP contribution in [0.3, 0.4) is 0 Å². The monoisotopic (exact) mass is 307 g/mol. The molecule has 0 spiro atoms. The highest BCUT2D eigenvalue weighted by molar-refractivity contribution is 7.08. The highest BCUT2D eigenvalue weighted by atomic mass is 32.1. The minimum absolute atomic E-state index is 0.0730. The maximum Gasteiger partial charge on any atom is 0.225 e. The van der Waals surface area contributed by atoms with E-state index in [0.717, 1.165) is 17.7 Å². The summed E-state index contributed by atoms with van der Waals surface area (Å²) in [6.07, 6.45) is -0.103. The van der Waals surface area contributed by atoms with Crippen LogP contribution in [-0.2, 0) is 9.53 Å². The van der Waals surface area contributed by atoms with Crippen LogP contribution in [0.5, 0.6) is 0 Å². The number of carbonyl (C=O) groups excluding carboxylic acids is 1. The number of furan rings is 1. The van der Waals surface area contributed by atoms with Crippen LogP contribution in [0.25, 0.3) is 11.3 Å². The van der Waals surface area contributed by atoms with E-state index >= 15 is 0 Å². The second-order valence-electron chi connectivity index (χ2n) is 5.04. The van der Waals surface area contributed by atoms with Crippen LogP contribution in [-0.4, -0.2) is 30.8 Å². The molecule has 5 nitrogen and oxygen atoms in total. The molecule has 3 rings (SSSR count). The number of hydrogen-bond acceptors (Lipinski definition) is 5. The third-order valence-electron chi connectivity index (χ3n) is 3.53. The molecular weight excluding hydrogens is 290 g/mol. The number of ether oxygens (including phenoxy) is 1. The molecule has 6 heteroatoms. The summed E-state index contributed by atoms with van der Waals surface area (Å²) in [6, 6.07) is 5.53. The average Bonchev–Trinajstić information content (AvgIpc) is 3.25. The Hall–Kier alpha value is -1.63. The Morgan fingerprint density at radius 3 is 3.10 bits per heavy atom. The molecule has 0 aromatic carbocycles. The largest absolute Gasteiger partial charge is 0.458 e. The van der Waals surface area contributed by atoms with Crippen LogP contribution >= 0.6 is 11.3 Å². The summed E-state index contributed by atoms with van der Waals surface area (Å²) in [6.45, 7) is 1.24. The van der Waals surface area contributed by atoms with Crippen molar-refractivity contribution in [3.63, 3.8) is 0 Å². The molecule has 0 bridgehead atoms. The lowest BCUT2D eigenvalue weighted by molar-refractivity contribution is -0.125. The normalized spacial score (nSPS) is 19.6. The Bertz CT molecular complexity index is 587. The zero-order valence-electron chi connectivity index (χ0n) is 11.5. The van der Waals surface area contributed by atoms with Crippen molar-refractivity contribution < 1.29 is 19.1 Å². The summed E-state index contributed by atoms with van der Waals surface area (Å²) in [5.74, 6) is 1.01. The van der Waals surface area contributed by atoms with Gasteiger partial charge in [0.1, 0.15) is 17.6 Å². The topological polar surface area (TPSA) is 71.7 Å². The zero-order chi connectivity index (χ0) is 14.7. The fourth-order valence-corrected chi connectivity index (χ4v) is 2.92. The van der Waals surface area contributed by atoms with Crippen molar-refractivity contribution in [2.45, 2.75) is 12.5 Å². The summed E-state index contributed by atoms with van der Waals surface area (Å²) in [4.78, 5) is 11.8. The van der Waals surface area contributed by atoms with Crippen LogP contribution in [0.2, 0.25) is 0 Å². The number of thiophene rings is 1. The predicted octanol–water partition coefficient (Wildman–Crippen LogP) is 2.19. The van der Waals surface area contributed by atoms with Gasteiger partial charge in [0.05, 0.1) is 19.1 Å². The molecule has 0 aliphatic carbocycles. The first-order valence-corrected chi connectivity index (χ1v) is 7.84. The van der Waals surface area contributed by atoms with E-state index in [1.54, 1.807) is 17.4 Å². The molecule has 2 N–H and O–H groups in total. The minimum atomic E-state index is -0.844. The Balaban J connectivity index is 1.55. The lowest BCUT2D eigenvalue weighted by Gasteiger charge is -2.12. The summed E-state index contributed by atoms with van der Waals surface area (Å²) in [7, 11) is 0. The van der Waals surface area contributed by atoms with E-state index in [0.29, 0.717) is 19.0 Å². The number of carbonyl (C=O) groups is 1. The van der Waals surface area contributed by atoms with Crippen molar-refractivity contribution in [2.75, 3.05) is 19.8 Å². The SMILES string of the molecule is O=C(NCC(O)c1ccc(-c2ccsc2)o1)C1CCOC1. The van der Waals surface area contributed by atoms with Crippen molar-refractivity contribution in [3.8, 4) is 11.3 Å². The van der Waals surface area contributed by atoms with Gasteiger partial charge in [0.15, 0.2) is 0 Å². The molecule has 112 valence electrons. The van der Waals surface area contributed by atoms with Crippen LogP contribution < -0.4 is 5.32 Å². The van der Waals surface area contributed by atoms with Crippen molar-refractivity contribution in [1.82, 2.24) is 5.32 Å². The number of aliphatic hydroxyl groups is 1. The number of nitrogens with one attached hydrogen (secondary N) is 1. The molecule has 1 amide bonds. The molecule has 2 atom stereocenters. The van der Waals surface area contributed by atoms with Crippen LogP contribution in [0.1, 0.15) is 18.3 Å². The van der Waals surface area contributed by atoms with Gasteiger partial charge in [0, 0.05) is 17.6 Å². The number of hydrogen-bond donors (Lipinski definition) is 2. The summed E-state index contributed by atoms with van der Waals surface area (Å²) >= 11 is 1.59. The highest BCUT2D eigenvalue weighted by Gasteiger charge is 2.24. The molecule has 3 heterocycles. The van der Waals surface area contributed by atoms with Crippen LogP contribution in [0, 0.1) is 5.92 Å². The lowest BCUT2D eigenvalue weighted by atomic mass is 10.1. The number of amides is 1. The van der Waals surface area contributed by atoms with E-state index in [4.69, 9.17) is 9.15 Å². The van der Waals surface area contributed by atoms with Gasteiger partial charge in [0.25, 0.3) is 0 Å². The maximum absolute atomic E-state index is 11.8. The standard InChI is InChI=1S/C15H17NO4S/c17-12(7-16-15(18)10-3-5-19-8-10)14-2-1-13(20-14)11-4-6-21-9-11/h1-2,4,6,9-10,12,17H,3,5,7-8H2,(H,16,18). The van der Waals surface area contributed by atoms with E-state index < -0.39 is 6.10 Å². The van der Waals surface area contributed by atoms with Crippen LogP contribution in [0.15, 0.2) is 33.4 Å². The average molecular weight is 307 g/mol. The van der Waals surface area contributed by atoms with Gasteiger partial charge in [-0.25, -0.2) is 0 Å². The molecule has 2 aromatic heterocycles. The third kappa shape index (κ3) is 3.34. The van der Waals surface area contributed by atoms with Crippen molar-refractivity contribution in [2.24, 2.45) is 5.92 Å². The minimum Gasteiger partial charge on any atom is -0.458 e. The fraction of sp³-hybridized carbons (Fsp3) is 0.400. The van der Waals surface area contributed by atoms with E-state index in [2.05, 4.69) is 5.32 Å². The molecular formula is C15H17NO4S. The van der Waals surface area contributed by atoms with Gasteiger partial charge < -0.3 is 19.6 Å². The van der Waals surface area contributed by atoms with Gasteiger partial charge in [-0.2, -0.15) is 11.3 Å². The molecule has 1 saturated heterocycles. The molecule has 1 aliphatic rings. The van der Waals surface area contributed by atoms with Crippen LogP contribution in [0.4, 0.5) is 0 Å². The Morgan fingerprint density at radius 2 is 2.38 bits per heavy atom. The van der Waals surface area contributed by atoms with Gasteiger partial charge in [0.2, 0.25) is 5.91 Å². The molecule has 2 aromatic rings. The lowest BCUT2D eigenvalue weighted by Crippen LogP contribution is -2.34. The molecule has 1 aliphatic heterocycles. The first-order chi connectivity index (χ1) is 10.2. The van der Waals surface area contributed by atoms with E-state index in [1.807, 2.05) is 22.9 Å². The van der Waals surface area contributed by atoms with Gasteiger partial charge in [-0.3, -0.25) is 4.79 Å². The smallest absolute Gasteiger partial charge is 0.225 e. The molecule has 2 unspecified atom stereocenters. The Morgan fingerprint density at radius 1 is 1.48 bits per heavy atom. The molecule has 21 heavy (non-hydrogen) atoms. The van der Waals surface area contributed by atoms with Crippen molar-refractivity contribution in [1.29, 1.82) is 0 Å². The zero-order valence-corrected chi connectivity index (χ0v) is 12.3. The fourth-order valence-electron chi connectivity index (χ4n) is 2.28. The van der Waals surface area contributed by atoms with Gasteiger partial charge in [-0.05, 0) is 30.0 Å². The molecule has 1 fully saturated rings. The van der Waals surface area contributed by atoms with Gasteiger partial charge in [-0.1, -0.05) is 0 Å². The number of aliphatic hydroxyl groups excluding tert-OH is 1. The molecule has 0 saturated carbocycles. The van der Waals surface area contributed by atoms with E-state index in [-0.39, 0.29) is 18.4 Å². The summed E-state index contributed by atoms with van der Waals surface area (Å²) in [5, 5.41) is 16.8. The second kappa shape index (κ2) is 6.43. The third-order valence-corrected chi connectivity index (χ3v) is 4.21. The first-order valence-electron chi connectivity index (χ1n) is 6.90. The molecule has 0 radical (unpaired) electrons. The summed E-state index contributed by atoms with van der Waals surface area (Å²) in [5.41, 5.74) is 0.991. The van der Waals surface area contributed by atoms with Crippen molar-refractivity contribution in [3.05, 3.63) is 34.7 Å². The van der Waals surface area contributed by atoms with E-state index in [1.165, 1.54) is 0 Å². The second-order valence-corrected chi connectivity index (χ2v) is 5.82. The van der Waals surface area contributed by atoms with Gasteiger partial charge >= 0.3 is 0 Å². The van der Waals surface area contributed by atoms with Crippen molar-refractivity contribution >= 4 is 17.2 Å². The number of rotatable bonds is 5. The predicted molar refractivity (Wildman–Crippen MR) is 78.9 cm³/mol. The quantitative estimate of drug-likeness (QED) is 0.888. The van der Waals surface area contributed by atoms with E-state index in [9.17, 15) is 9.90 Å². The first kappa shape index (κ1) is 14.3. The Kier molecular flexibility index (Phi) is 4.38. The van der Waals surface area contributed by atoms with Gasteiger partial charge in [-0.15, -0.1) is 0 Å². The Labute approximate surface area is 126 Å².